The zero-order valence-electron chi connectivity index (χ0n) is 21.2. The first-order valence-electron chi connectivity index (χ1n) is 11.9. The molecule has 1 aliphatic rings. The van der Waals surface area contributed by atoms with E-state index in [0.29, 0.717) is 13.1 Å². The number of hydrogen-bond donors (Lipinski definition) is 1. The minimum Gasteiger partial charge on any atom is -0.444 e. The number of alkyl carbamates (subject to hydrolysis) is 1. The highest BCUT2D eigenvalue weighted by atomic mass is 16.6. The number of rotatable bonds is 6. The second kappa shape index (κ2) is 9.55. The van der Waals surface area contributed by atoms with Crippen LogP contribution in [0.4, 0.5) is 16.3 Å². The summed E-state index contributed by atoms with van der Waals surface area (Å²) in [4.78, 5) is 25.1. The van der Waals surface area contributed by atoms with Crippen LogP contribution in [0.2, 0.25) is 0 Å². The zero-order chi connectivity index (χ0) is 25.3. The Bertz CT molecular complexity index is 1270. The van der Waals surface area contributed by atoms with Crippen LogP contribution in [0.3, 0.4) is 0 Å². The van der Waals surface area contributed by atoms with Crippen LogP contribution in [-0.4, -0.2) is 57.3 Å². The lowest BCUT2D eigenvalue weighted by Crippen LogP contribution is -2.60. The smallest absolute Gasteiger partial charge is 0.407 e. The lowest BCUT2D eigenvalue weighted by atomic mass is 9.97. The van der Waals surface area contributed by atoms with E-state index >= 15 is 0 Å². The Morgan fingerprint density at radius 3 is 2.74 bits per heavy atom. The molecule has 1 N–H and O–H groups in total. The number of nitrogens with one attached hydrogen (secondary N) is 1. The number of carbonyl (C=O) groups excluding carboxylic acids is 1. The van der Waals surface area contributed by atoms with Gasteiger partial charge in [0.05, 0.1) is 30.2 Å². The highest BCUT2D eigenvalue weighted by Gasteiger charge is 2.35. The third-order valence-electron chi connectivity index (χ3n) is 6.22. The first kappa shape index (κ1) is 24.5. The SMILES string of the molecule is CCc1cc(C(C#N)N2CC(NC(=O)OC(C)(C)C)C2)ccc1N(C)c1cc2c(cn1)ncn2C.[HH]. The van der Waals surface area contributed by atoms with Gasteiger partial charge in [-0.3, -0.25) is 4.90 Å². The van der Waals surface area contributed by atoms with Gasteiger partial charge in [-0.25, -0.2) is 14.8 Å². The summed E-state index contributed by atoms with van der Waals surface area (Å²) in [6, 6.07) is 10.2. The van der Waals surface area contributed by atoms with E-state index in [9.17, 15) is 10.1 Å². The average Bonchev–Trinajstić information content (AvgIpc) is 3.16. The molecule has 3 aromatic rings. The fourth-order valence-corrected chi connectivity index (χ4v) is 4.37. The number of carbonyl (C=O) groups is 1. The van der Waals surface area contributed by atoms with E-state index in [1.54, 1.807) is 12.5 Å². The molecule has 186 valence electrons. The molecule has 1 atom stereocenters. The molecule has 0 bridgehead atoms. The molecule has 9 nitrogen and oxygen atoms in total. The fourth-order valence-electron chi connectivity index (χ4n) is 4.37. The number of fused-ring (bicyclic) bond motifs is 1. The van der Waals surface area contributed by atoms with Crippen molar-refractivity contribution in [2.45, 2.75) is 51.8 Å². The van der Waals surface area contributed by atoms with Crippen LogP contribution in [0.5, 0.6) is 0 Å². The molecule has 1 aliphatic heterocycles. The third kappa shape index (κ3) is 5.23. The number of nitrogens with zero attached hydrogens (tertiary/aromatic N) is 6. The maximum atomic E-state index is 12.0. The van der Waals surface area contributed by atoms with Gasteiger partial charge in [-0.2, -0.15) is 5.26 Å². The number of ether oxygens (including phenoxy) is 1. The van der Waals surface area contributed by atoms with E-state index in [-0.39, 0.29) is 13.5 Å². The van der Waals surface area contributed by atoms with Crippen molar-refractivity contribution in [3.8, 4) is 6.07 Å². The van der Waals surface area contributed by atoms with Crippen molar-refractivity contribution in [1.82, 2.24) is 24.8 Å². The van der Waals surface area contributed by atoms with Crippen LogP contribution in [0.1, 0.15) is 46.3 Å². The summed E-state index contributed by atoms with van der Waals surface area (Å²) >= 11 is 0. The first-order valence-corrected chi connectivity index (χ1v) is 11.9. The van der Waals surface area contributed by atoms with Crippen molar-refractivity contribution in [2.24, 2.45) is 7.05 Å². The van der Waals surface area contributed by atoms with Crippen molar-refractivity contribution in [3.63, 3.8) is 0 Å². The Morgan fingerprint density at radius 1 is 1.34 bits per heavy atom. The van der Waals surface area contributed by atoms with E-state index < -0.39 is 11.7 Å². The molecular formula is C26H35N7O2. The highest BCUT2D eigenvalue weighted by molar-refractivity contribution is 5.79. The molecule has 0 radical (unpaired) electrons. The molecule has 0 aliphatic carbocycles. The van der Waals surface area contributed by atoms with Crippen LogP contribution >= 0.6 is 0 Å². The summed E-state index contributed by atoms with van der Waals surface area (Å²) < 4.78 is 7.31. The molecule has 1 unspecified atom stereocenters. The second-order valence-electron chi connectivity index (χ2n) is 10.0. The van der Waals surface area contributed by atoms with Crippen LogP contribution in [0, 0.1) is 11.3 Å². The Labute approximate surface area is 207 Å². The topological polar surface area (TPSA) is 99.3 Å². The number of hydrogen-bond acceptors (Lipinski definition) is 7. The Kier molecular flexibility index (Phi) is 6.68. The van der Waals surface area contributed by atoms with Crippen LogP contribution < -0.4 is 10.2 Å². The predicted octanol–water partition coefficient (Wildman–Crippen LogP) is 4.32. The van der Waals surface area contributed by atoms with Crippen molar-refractivity contribution in [2.75, 3.05) is 25.0 Å². The number of aromatic nitrogens is 3. The molecule has 4 rings (SSSR count). The van der Waals surface area contributed by atoms with Crippen LogP contribution in [-0.2, 0) is 18.2 Å². The predicted molar refractivity (Wildman–Crippen MR) is 138 cm³/mol. The fraction of sp³-hybridized carbons (Fsp3) is 0.462. The van der Waals surface area contributed by atoms with E-state index in [0.717, 1.165) is 40.1 Å². The molecule has 1 saturated heterocycles. The highest BCUT2D eigenvalue weighted by Crippen LogP contribution is 2.32. The van der Waals surface area contributed by atoms with Gasteiger partial charge in [-0.05, 0) is 44.4 Å². The summed E-state index contributed by atoms with van der Waals surface area (Å²) in [7, 11) is 3.97. The van der Waals surface area contributed by atoms with Gasteiger partial charge < -0.3 is 19.5 Å². The van der Waals surface area contributed by atoms with Gasteiger partial charge in [0.25, 0.3) is 0 Å². The average molecular weight is 478 g/mol. The molecule has 9 heteroatoms. The van der Waals surface area contributed by atoms with Crippen molar-refractivity contribution in [3.05, 3.63) is 47.9 Å². The number of benzene rings is 1. The largest absolute Gasteiger partial charge is 0.444 e. The number of likely N-dealkylation sites (tertiary alicyclic amines) is 1. The van der Waals surface area contributed by atoms with Crippen LogP contribution in [0.25, 0.3) is 11.0 Å². The minimum atomic E-state index is -0.535. The maximum Gasteiger partial charge on any atom is 0.407 e. The quantitative estimate of drug-likeness (QED) is 0.564. The van der Waals surface area contributed by atoms with Gasteiger partial charge in [-0.1, -0.05) is 19.1 Å². The second-order valence-corrected chi connectivity index (χ2v) is 10.0. The molecule has 3 heterocycles. The lowest BCUT2D eigenvalue weighted by molar-refractivity contribution is 0.0367. The van der Waals surface area contributed by atoms with Crippen molar-refractivity contribution in [1.29, 1.82) is 5.26 Å². The summed E-state index contributed by atoms with van der Waals surface area (Å²) in [5, 5.41) is 12.8. The Balaban J connectivity index is 0.00000361. The van der Waals surface area contributed by atoms with Crippen molar-refractivity contribution >= 4 is 28.6 Å². The van der Waals surface area contributed by atoms with Crippen LogP contribution in [0.15, 0.2) is 36.8 Å². The number of aryl methyl sites for hydroxylation is 2. The molecular weight excluding hydrogens is 442 g/mol. The molecule has 0 saturated carbocycles. The summed E-state index contributed by atoms with van der Waals surface area (Å²) in [5.74, 6) is 0.833. The number of amides is 1. The standard InChI is InChI=1S/C26H33N7O2.H2/c1-7-17-10-18(23(12-27)33-14-19(15-33)30-25(34)35-26(2,3)4)8-9-21(17)32(6)24-11-22-20(13-28-24)29-16-31(22)5;/h8-11,13,16,19,23H,7,14-15H2,1-6H3,(H,30,34);1H. The summed E-state index contributed by atoms with van der Waals surface area (Å²) in [5.41, 5.74) is 4.49. The molecule has 1 amide bonds. The summed E-state index contributed by atoms with van der Waals surface area (Å²) in [6.45, 7) is 8.84. The van der Waals surface area contributed by atoms with Gasteiger partial charge in [0, 0.05) is 40.4 Å². The first-order chi connectivity index (χ1) is 16.6. The Morgan fingerprint density at radius 2 is 2.09 bits per heavy atom. The minimum absolute atomic E-state index is 0. The van der Waals surface area contributed by atoms with Gasteiger partial charge in [-0.15, -0.1) is 0 Å². The summed E-state index contributed by atoms with van der Waals surface area (Å²) in [6.07, 6.45) is 3.98. The Hall–Kier alpha value is -3.64. The molecule has 0 spiro atoms. The number of nitriles is 1. The number of pyridine rings is 1. The normalized spacial score (nSPS) is 15.3. The van der Waals surface area contributed by atoms with E-state index in [1.807, 2.05) is 51.6 Å². The zero-order valence-corrected chi connectivity index (χ0v) is 21.2. The molecule has 2 aromatic heterocycles. The lowest BCUT2D eigenvalue weighted by Gasteiger charge is -2.42. The van der Waals surface area contributed by atoms with E-state index in [2.05, 4.69) is 50.2 Å². The van der Waals surface area contributed by atoms with Gasteiger partial charge >= 0.3 is 6.09 Å². The number of imidazole rings is 1. The van der Waals surface area contributed by atoms with E-state index in [4.69, 9.17) is 4.74 Å². The van der Waals surface area contributed by atoms with Gasteiger partial charge in [0.1, 0.15) is 23.0 Å². The van der Waals surface area contributed by atoms with Gasteiger partial charge in [0.15, 0.2) is 0 Å². The van der Waals surface area contributed by atoms with Gasteiger partial charge in [0.2, 0.25) is 0 Å². The monoisotopic (exact) mass is 477 g/mol. The maximum absolute atomic E-state index is 12.0. The van der Waals surface area contributed by atoms with Crippen molar-refractivity contribution < 1.29 is 11.0 Å². The molecule has 1 aromatic carbocycles. The van der Waals surface area contributed by atoms with E-state index in [1.165, 1.54) is 0 Å². The molecule has 1 fully saturated rings. The third-order valence-corrected chi connectivity index (χ3v) is 6.22. The number of anilines is 2. The molecule has 35 heavy (non-hydrogen) atoms.